The van der Waals surface area contributed by atoms with Crippen LogP contribution in [0.2, 0.25) is 5.02 Å². The number of Topliss-reactive ketones (excluding diaryl/α,β-unsaturated/α-hetero) is 1. The maximum absolute atomic E-state index is 13.9. The second-order valence-electron chi connectivity index (χ2n) is 5.67. The van der Waals surface area contributed by atoms with E-state index in [1.807, 2.05) is 18.2 Å². The lowest BCUT2D eigenvalue weighted by Gasteiger charge is -2.28. The van der Waals surface area contributed by atoms with E-state index in [-0.39, 0.29) is 5.78 Å². The van der Waals surface area contributed by atoms with Crippen LogP contribution in [0.3, 0.4) is 0 Å². The van der Waals surface area contributed by atoms with Crippen molar-refractivity contribution in [1.82, 2.24) is 4.90 Å². The lowest BCUT2D eigenvalue weighted by Crippen LogP contribution is -2.35. The highest BCUT2D eigenvalue weighted by atomic mass is 35.5. The molecule has 0 amide bonds. The fourth-order valence-electron chi connectivity index (χ4n) is 2.75. The van der Waals surface area contributed by atoms with E-state index in [1.54, 1.807) is 18.2 Å². The first-order valence-corrected chi connectivity index (χ1v) is 7.95. The molecular weight excluding hydrogens is 313 g/mol. The largest absolute Gasteiger partial charge is 0.294 e. The Bertz CT molecular complexity index is 722. The molecule has 0 saturated carbocycles. The fraction of sp³-hybridized carbons (Fsp3) is 0.211. The van der Waals surface area contributed by atoms with Gasteiger partial charge in [-0.05, 0) is 23.8 Å². The van der Waals surface area contributed by atoms with Gasteiger partial charge in [-0.15, -0.1) is 0 Å². The number of benzene rings is 2. The summed E-state index contributed by atoms with van der Waals surface area (Å²) in [6.07, 6.45) is 2.04. The average Bonchev–Trinajstić information content (AvgIpc) is 2.55. The molecule has 0 N–H and O–H groups in total. The van der Waals surface area contributed by atoms with Crippen LogP contribution in [0, 0.1) is 5.82 Å². The molecule has 1 fully saturated rings. The van der Waals surface area contributed by atoms with Crippen molar-refractivity contribution >= 4 is 23.5 Å². The molecule has 118 valence electrons. The predicted molar refractivity (Wildman–Crippen MR) is 90.7 cm³/mol. The zero-order chi connectivity index (χ0) is 16.2. The highest BCUT2D eigenvalue weighted by Crippen LogP contribution is 2.24. The zero-order valence-electron chi connectivity index (χ0n) is 12.6. The van der Waals surface area contributed by atoms with Gasteiger partial charge in [-0.2, -0.15) is 0 Å². The van der Waals surface area contributed by atoms with Crippen molar-refractivity contribution in [2.45, 2.75) is 13.0 Å². The quantitative estimate of drug-likeness (QED) is 0.781. The minimum Gasteiger partial charge on any atom is -0.294 e. The van der Waals surface area contributed by atoms with Crippen molar-refractivity contribution in [2.75, 3.05) is 13.1 Å². The Morgan fingerprint density at radius 3 is 2.65 bits per heavy atom. The second kappa shape index (κ2) is 7.07. The Labute approximate surface area is 140 Å². The maximum Gasteiger partial charge on any atom is 0.161 e. The first kappa shape index (κ1) is 15.9. The van der Waals surface area contributed by atoms with Crippen LogP contribution in [0.4, 0.5) is 4.39 Å². The number of halogens is 2. The third-order valence-corrected chi connectivity index (χ3v) is 4.30. The van der Waals surface area contributed by atoms with Gasteiger partial charge in [0.2, 0.25) is 0 Å². The number of nitrogens with zero attached hydrogens (tertiary/aromatic N) is 1. The van der Waals surface area contributed by atoms with Gasteiger partial charge < -0.3 is 0 Å². The Kier molecular flexibility index (Phi) is 4.89. The number of hydrogen-bond acceptors (Lipinski definition) is 2. The molecule has 0 radical (unpaired) electrons. The summed E-state index contributed by atoms with van der Waals surface area (Å²) in [4.78, 5) is 14.4. The van der Waals surface area contributed by atoms with E-state index in [0.717, 1.165) is 13.1 Å². The molecule has 23 heavy (non-hydrogen) atoms. The first-order valence-electron chi connectivity index (χ1n) is 7.57. The molecule has 1 aliphatic rings. The van der Waals surface area contributed by atoms with E-state index in [4.69, 9.17) is 11.6 Å². The SMILES string of the molecule is O=C1CCN(Cc2ccccc2)C/C1=C\c1c(F)cccc1Cl. The van der Waals surface area contributed by atoms with Gasteiger partial charge in [0, 0.05) is 37.2 Å². The van der Waals surface area contributed by atoms with Gasteiger partial charge in [-0.3, -0.25) is 9.69 Å². The monoisotopic (exact) mass is 329 g/mol. The molecule has 1 heterocycles. The molecule has 0 spiro atoms. The van der Waals surface area contributed by atoms with E-state index >= 15 is 0 Å². The van der Waals surface area contributed by atoms with E-state index in [9.17, 15) is 9.18 Å². The molecule has 4 heteroatoms. The molecule has 2 aromatic carbocycles. The number of hydrogen-bond donors (Lipinski definition) is 0. The highest BCUT2D eigenvalue weighted by Gasteiger charge is 2.22. The van der Waals surface area contributed by atoms with Crippen LogP contribution in [0.5, 0.6) is 0 Å². The average molecular weight is 330 g/mol. The summed E-state index contributed by atoms with van der Waals surface area (Å²) in [6, 6.07) is 14.7. The van der Waals surface area contributed by atoms with Crippen molar-refractivity contribution < 1.29 is 9.18 Å². The third kappa shape index (κ3) is 3.87. The zero-order valence-corrected chi connectivity index (χ0v) is 13.4. The van der Waals surface area contributed by atoms with Crippen molar-refractivity contribution in [2.24, 2.45) is 0 Å². The Balaban J connectivity index is 1.81. The van der Waals surface area contributed by atoms with Gasteiger partial charge in [0.1, 0.15) is 5.82 Å². The van der Waals surface area contributed by atoms with E-state index in [1.165, 1.54) is 11.6 Å². The normalized spacial score (nSPS) is 17.7. The van der Waals surface area contributed by atoms with Gasteiger partial charge in [0.05, 0.1) is 5.02 Å². The van der Waals surface area contributed by atoms with Crippen molar-refractivity contribution in [3.05, 3.63) is 76.1 Å². The topological polar surface area (TPSA) is 20.3 Å². The van der Waals surface area contributed by atoms with Crippen LogP contribution in [0.25, 0.3) is 6.08 Å². The number of rotatable bonds is 3. The molecule has 0 atom stereocenters. The minimum atomic E-state index is -0.405. The Morgan fingerprint density at radius 2 is 1.91 bits per heavy atom. The molecule has 0 aromatic heterocycles. The summed E-state index contributed by atoms with van der Waals surface area (Å²) in [6.45, 7) is 2.00. The van der Waals surface area contributed by atoms with Crippen LogP contribution < -0.4 is 0 Å². The van der Waals surface area contributed by atoms with Crippen LogP contribution >= 0.6 is 11.6 Å². The number of piperidine rings is 1. The van der Waals surface area contributed by atoms with Crippen molar-refractivity contribution in [3.8, 4) is 0 Å². The van der Waals surface area contributed by atoms with E-state index < -0.39 is 5.82 Å². The summed E-state index contributed by atoms with van der Waals surface area (Å²) >= 11 is 6.05. The van der Waals surface area contributed by atoms with Crippen LogP contribution in [0.15, 0.2) is 54.1 Å². The maximum atomic E-state index is 13.9. The van der Waals surface area contributed by atoms with Gasteiger partial charge in [0.15, 0.2) is 5.78 Å². The molecule has 3 rings (SSSR count). The Hall–Kier alpha value is -1.97. The standard InChI is InChI=1S/C19H17ClFNO/c20-17-7-4-8-18(21)16(17)11-15-13-22(10-9-19(15)23)12-14-5-2-1-3-6-14/h1-8,11H,9-10,12-13H2/b15-11+. The molecule has 0 unspecified atom stereocenters. The van der Waals surface area contributed by atoms with Gasteiger partial charge in [-0.1, -0.05) is 48.0 Å². The van der Waals surface area contributed by atoms with E-state index in [0.29, 0.717) is 29.1 Å². The summed E-state index contributed by atoms with van der Waals surface area (Å²) in [5.41, 5.74) is 2.10. The lowest BCUT2D eigenvalue weighted by molar-refractivity contribution is -0.117. The number of carbonyl (C=O) groups is 1. The number of likely N-dealkylation sites (tertiary alicyclic amines) is 1. The summed E-state index contributed by atoms with van der Waals surface area (Å²) in [5, 5.41) is 0.325. The van der Waals surface area contributed by atoms with Gasteiger partial charge in [-0.25, -0.2) is 4.39 Å². The number of carbonyl (C=O) groups excluding carboxylic acids is 1. The summed E-state index contributed by atoms with van der Waals surface area (Å²) < 4.78 is 13.9. The van der Waals surface area contributed by atoms with Crippen LogP contribution in [-0.4, -0.2) is 23.8 Å². The number of ketones is 1. The molecule has 0 aliphatic carbocycles. The molecule has 1 saturated heterocycles. The van der Waals surface area contributed by atoms with Crippen molar-refractivity contribution in [1.29, 1.82) is 0 Å². The van der Waals surface area contributed by atoms with E-state index in [2.05, 4.69) is 17.0 Å². The van der Waals surface area contributed by atoms with Gasteiger partial charge in [0.25, 0.3) is 0 Å². The smallest absolute Gasteiger partial charge is 0.161 e. The fourth-order valence-corrected chi connectivity index (χ4v) is 2.97. The summed E-state index contributed by atoms with van der Waals surface area (Å²) in [7, 11) is 0. The van der Waals surface area contributed by atoms with Crippen LogP contribution in [0.1, 0.15) is 17.5 Å². The molecule has 2 aromatic rings. The third-order valence-electron chi connectivity index (χ3n) is 3.97. The molecule has 2 nitrogen and oxygen atoms in total. The van der Waals surface area contributed by atoms with Crippen LogP contribution in [-0.2, 0) is 11.3 Å². The molecular formula is C19H17ClFNO. The molecule has 1 aliphatic heterocycles. The lowest BCUT2D eigenvalue weighted by atomic mass is 9.99. The van der Waals surface area contributed by atoms with Gasteiger partial charge >= 0.3 is 0 Å². The minimum absolute atomic E-state index is 0.0635. The van der Waals surface area contributed by atoms with Crippen molar-refractivity contribution in [3.63, 3.8) is 0 Å². The predicted octanol–water partition coefficient (Wildman–Crippen LogP) is 4.34. The first-order chi connectivity index (χ1) is 11.1. The highest BCUT2D eigenvalue weighted by molar-refractivity contribution is 6.32. The second-order valence-corrected chi connectivity index (χ2v) is 6.08. The summed E-state index contributed by atoms with van der Waals surface area (Å²) in [5.74, 6) is -0.341. The molecule has 0 bridgehead atoms. The Morgan fingerprint density at radius 1 is 1.13 bits per heavy atom.